The predicted octanol–water partition coefficient (Wildman–Crippen LogP) is 3.47. The molecule has 0 amide bonds. The van der Waals surface area contributed by atoms with E-state index in [1.807, 2.05) is 7.05 Å². The number of nitrogens with one attached hydrogen (secondary N) is 1. The van der Waals surface area contributed by atoms with E-state index in [-0.39, 0.29) is 0 Å². The molecule has 5 heteroatoms. The molecule has 1 aromatic carbocycles. The molecule has 0 aliphatic rings. The van der Waals surface area contributed by atoms with Crippen molar-refractivity contribution < 1.29 is 0 Å². The summed E-state index contributed by atoms with van der Waals surface area (Å²) < 4.78 is 0. The summed E-state index contributed by atoms with van der Waals surface area (Å²) >= 11 is 0. The van der Waals surface area contributed by atoms with Crippen LogP contribution in [0, 0.1) is 13.8 Å². The Bertz CT molecular complexity index is 577. The molecule has 0 fully saturated rings. The standard InChI is InChI=1S/C16H23N5/c1-5-6-7-21(4)15-11-17-20-16(19-15)18-14-9-12(2)8-13(3)10-14/h8-11H,5-7H2,1-4H3,(H,18,19,20). The third kappa shape index (κ3) is 4.41. The highest BCUT2D eigenvalue weighted by Gasteiger charge is 2.06. The Kier molecular flexibility index (Phi) is 5.09. The van der Waals surface area contributed by atoms with Crippen LogP contribution in [-0.4, -0.2) is 28.8 Å². The topological polar surface area (TPSA) is 53.9 Å². The van der Waals surface area contributed by atoms with Gasteiger partial charge in [0.05, 0.1) is 6.20 Å². The molecule has 2 rings (SSSR count). The largest absolute Gasteiger partial charge is 0.358 e. The van der Waals surface area contributed by atoms with Crippen LogP contribution in [0.25, 0.3) is 0 Å². The Morgan fingerprint density at radius 1 is 1.14 bits per heavy atom. The Hall–Kier alpha value is -2.17. The van der Waals surface area contributed by atoms with Gasteiger partial charge in [-0.05, 0) is 43.5 Å². The highest BCUT2D eigenvalue weighted by molar-refractivity contribution is 5.56. The lowest BCUT2D eigenvalue weighted by molar-refractivity contribution is 0.754. The lowest BCUT2D eigenvalue weighted by Crippen LogP contribution is -2.20. The maximum atomic E-state index is 4.52. The summed E-state index contributed by atoms with van der Waals surface area (Å²) in [7, 11) is 2.03. The number of aromatic nitrogens is 3. The van der Waals surface area contributed by atoms with Crippen molar-refractivity contribution in [3.63, 3.8) is 0 Å². The fourth-order valence-electron chi connectivity index (χ4n) is 2.22. The van der Waals surface area contributed by atoms with Crippen LogP contribution in [0.2, 0.25) is 0 Å². The highest BCUT2D eigenvalue weighted by Crippen LogP contribution is 2.18. The SMILES string of the molecule is CCCCN(C)c1cnnc(Nc2cc(C)cc(C)c2)n1. The summed E-state index contributed by atoms with van der Waals surface area (Å²) in [4.78, 5) is 6.62. The first kappa shape index (κ1) is 15.2. The molecule has 5 nitrogen and oxygen atoms in total. The summed E-state index contributed by atoms with van der Waals surface area (Å²) in [6.07, 6.45) is 4.00. The summed E-state index contributed by atoms with van der Waals surface area (Å²) in [6, 6.07) is 6.28. The zero-order valence-electron chi connectivity index (χ0n) is 13.2. The number of anilines is 3. The Labute approximate surface area is 126 Å². The minimum Gasteiger partial charge on any atom is -0.358 e. The molecule has 0 bridgehead atoms. The van der Waals surface area contributed by atoms with Gasteiger partial charge in [0.2, 0.25) is 5.95 Å². The molecular formula is C16H23N5. The molecule has 0 radical (unpaired) electrons. The highest BCUT2D eigenvalue weighted by atomic mass is 15.3. The predicted molar refractivity (Wildman–Crippen MR) is 87.2 cm³/mol. The van der Waals surface area contributed by atoms with Gasteiger partial charge in [-0.25, -0.2) is 0 Å². The van der Waals surface area contributed by atoms with Gasteiger partial charge < -0.3 is 10.2 Å². The molecule has 0 aliphatic heterocycles. The first-order chi connectivity index (χ1) is 10.1. The number of hydrogen-bond donors (Lipinski definition) is 1. The van der Waals surface area contributed by atoms with Crippen LogP contribution in [0.1, 0.15) is 30.9 Å². The van der Waals surface area contributed by atoms with Crippen LogP contribution in [-0.2, 0) is 0 Å². The summed E-state index contributed by atoms with van der Waals surface area (Å²) in [5.74, 6) is 1.37. The van der Waals surface area contributed by atoms with E-state index < -0.39 is 0 Å². The van der Waals surface area contributed by atoms with Gasteiger partial charge in [-0.1, -0.05) is 19.4 Å². The smallest absolute Gasteiger partial charge is 0.249 e. The molecule has 21 heavy (non-hydrogen) atoms. The number of aryl methyl sites for hydroxylation is 2. The van der Waals surface area contributed by atoms with E-state index >= 15 is 0 Å². The van der Waals surface area contributed by atoms with Gasteiger partial charge in [0.25, 0.3) is 0 Å². The number of rotatable bonds is 6. The monoisotopic (exact) mass is 285 g/mol. The lowest BCUT2D eigenvalue weighted by Gasteiger charge is -2.17. The minimum atomic E-state index is 0.529. The van der Waals surface area contributed by atoms with Crippen LogP contribution in [0.15, 0.2) is 24.4 Å². The van der Waals surface area contributed by atoms with Crippen LogP contribution < -0.4 is 10.2 Å². The first-order valence-electron chi connectivity index (χ1n) is 7.34. The molecule has 0 saturated carbocycles. The number of nitrogens with zero attached hydrogens (tertiary/aromatic N) is 4. The average molecular weight is 285 g/mol. The summed E-state index contributed by atoms with van der Waals surface area (Å²) in [6.45, 7) is 7.30. The van der Waals surface area contributed by atoms with Crippen molar-refractivity contribution in [2.75, 3.05) is 23.8 Å². The summed E-state index contributed by atoms with van der Waals surface area (Å²) in [5, 5.41) is 11.3. The second kappa shape index (κ2) is 7.02. The van der Waals surface area contributed by atoms with Gasteiger partial charge in [0.1, 0.15) is 0 Å². The van der Waals surface area contributed by atoms with E-state index in [9.17, 15) is 0 Å². The van der Waals surface area contributed by atoms with Gasteiger partial charge in [-0.2, -0.15) is 10.1 Å². The van der Waals surface area contributed by atoms with Crippen LogP contribution >= 0.6 is 0 Å². The Balaban J connectivity index is 2.13. The third-order valence-electron chi connectivity index (χ3n) is 3.26. The van der Waals surface area contributed by atoms with Gasteiger partial charge in [-0.3, -0.25) is 0 Å². The zero-order valence-corrected chi connectivity index (χ0v) is 13.2. The molecule has 0 saturated heterocycles. The van der Waals surface area contributed by atoms with Crippen molar-refractivity contribution in [1.82, 2.24) is 15.2 Å². The first-order valence-corrected chi connectivity index (χ1v) is 7.34. The van der Waals surface area contributed by atoms with Crippen molar-refractivity contribution in [3.05, 3.63) is 35.5 Å². The second-order valence-electron chi connectivity index (χ2n) is 5.41. The fourth-order valence-corrected chi connectivity index (χ4v) is 2.22. The van der Waals surface area contributed by atoms with Crippen molar-refractivity contribution in [2.24, 2.45) is 0 Å². The Morgan fingerprint density at radius 2 is 1.86 bits per heavy atom. The maximum Gasteiger partial charge on any atom is 0.249 e. The quantitative estimate of drug-likeness (QED) is 0.880. The maximum absolute atomic E-state index is 4.52. The molecule has 1 N–H and O–H groups in total. The summed E-state index contributed by atoms with van der Waals surface area (Å²) in [5.41, 5.74) is 3.41. The van der Waals surface area contributed by atoms with Crippen molar-refractivity contribution >= 4 is 17.5 Å². The number of benzene rings is 1. The van der Waals surface area contributed by atoms with E-state index in [0.29, 0.717) is 5.95 Å². The van der Waals surface area contributed by atoms with Crippen molar-refractivity contribution in [2.45, 2.75) is 33.6 Å². The van der Waals surface area contributed by atoms with E-state index in [1.54, 1.807) is 6.20 Å². The van der Waals surface area contributed by atoms with Gasteiger partial charge in [0.15, 0.2) is 5.82 Å². The molecule has 2 aromatic rings. The van der Waals surface area contributed by atoms with Crippen LogP contribution in [0.3, 0.4) is 0 Å². The third-order valence-corrected chi connectivity index (χ3v) is 3.26. The molecular weight excluding hydrogens is 262 g/mol. The van der Waals surface area contributed by atoms with E-state index in [0.717, 1.165) is 30.9 Å². The molecule has 0 aliphatic carbocycles. The molecule has 1 aromatic heterocycles. The van der Waals surface area contributed by atoms with Gasteiger partial charge >= 0.3 is 0 Å². The molecule has 0 atom stereocenters. The number of unbranched alkanes of at least 4 members (excludes halogenated alkanes) is 1. The molecule has 0 unspecified atom stereocenters. The van der Waals surface area contributed by atoms with Crippen molar-refractivity contribution in [1.29, 1.82) is 0 Å². The van der Waals surface area contributed by atoms with Gasteiger partial charge in [-0.15, -0.1) is 5.10 Å². The molecule has 0 spiro atoms. The number of hydrogen-bond acceptors (Lipinski definition) is 5. The normalized spacial score (nSPS) is 10.5. The second-order valence-corrected chi connectivity index (χ2v) is 5.41. The average Bonchev–Trinajstić information content (AvgIpc) is 2.44. The van der Waals surface area contributed by atoms with Crippen LogP contribution in [0.4, 0.5) is 17.5 Å². The fraction of sp³-hybridized carbons (Fsp3) is 0.438. The molecule has 1 heterocycles. The van der Waals surface area contributed by atoms with E-state index in [2.05, 4.69) is 64.4 Å². The van der Waals surface area contributed by atoms with E-state index in [1.165, 1.54) is 11.1 Å². The minimum absolute atomic E-state index is 0.529. The van der Waals surface area contributed by atoms with Gasteiger partial charge in [0, 0.05) is 19.3 Å². The Morgan fingerprint density at radius 3 is 2.52 bits per heavy atom. The zero-order chi connectivity index (χ0) is 15.2. The molecule has 112 valence electrons. The van der Waals surface area contributed by atoms with Crippen LogP contribution in [0.5, 0.6) is 0 Å². The lowest BCUT2D eigenvalue weighted by atomic mass is 10.1. The van der Waals surface area contributed by atoms with Crippen molar-refractivity contribution in [3.8, 4) is 0 Å². The van der Waals surface area contributed by atoms with E-state index in [4.69, 9.17) is 0 Å².